The number of aliphatic hydroxyl groups excluding tert-OH is 1. The Kier molecular flexibility index (Phi) is 8.85. The molecule has 11 nitrogen and oxygen atoms in total. The molecule has 0 bridgehead atoms. The van der Waals surface area contributed by atoms with Gasteiger partial charge >= 0.3 is 5.97 Å². The average molecular weight is 452 g/mol. The number of rotatable bonds is 11. The third kappa shape index (κ3) is 6.70. The van der Waals surface area contributed by atoms with Gasteiger partial charge in [0, 0.05) is 29.3 Å². The van der Waals surface area contributed by atoms with E-state index in [9.17, 15) is 24.3 Å². The second kappa shape index (κ2) is 11.3. The zero-order valence-corrected chi connectivity index (χ0v) is 17.4. The van der Waals surface area contributed by atoms with Gasteiger partial charge in [-0.2, -0.15) is 12.6 Å². The molecule has 0 aliphatic heterocycles. The molecular formula is C19H25N5O6S. The predicted octanol–water partition coefficient (Wildman–Crippen LogP) is -1.87. The number of aromatic amines is 1. The molecule has 1 heterocycles. The van der Waals surface area contributed by atoms with Crippen molar-refractivity contribution in [3.63, 3.8) is 0 Å². The van der Waals surface area contributed by atoms with Crippen molar-refractivity contribution < 1.29 is 29.4 Å². The number of aliphatic carboxylic acids is 1. The van der Waals surface area contributed by atoms with E-state index in [1.807, 2.05) is 24.3 Å². The summed E-state index contributed by atoms with van der Waals surface area (Å²) in [5.41, 5.74) is 7.07. The zero-order valence-electron chi connectivity index (χ0n) is 16.5. The first-order valence-electron chi connectivity index (χ1n) is 9.39. The number of carbonyl (C=O) groups excluding carboxylic acids is 3. The van der Waals surface area contributed by atoms with Gasteiger partial charge in [0.05, 0.1) is 19.2 Å². The van der Waals surface area contributed by atoms with Crippen molar-refractivity contribution in [3.8, 4) is 0 Å². The summed E-state index contributed by atoms with van der Waals surface area (Å²) in [4.78, 5) is 50.9. The van der Waals surface area contributed by atoms with Crippen molar-refractivity contribution >= 4 is 47.2 Å². The molecule has 0 aliphatic carbocycles. The number of thiol groups is 1. The molecule has 168 valence electrons. The van der Waals surface area contributed by atoms with Gasteiger partial charge in [0.2, 0.25) is 17.7 Å². The first-order chi connectivity index (χ1) is 14.8. The normalized spacial score (nSPS) is 13.8. The van der Waals surface area contributed by atoms with E-state index < -0.39 is 55.0 Å². The summed E-state index contributed by atoms with van der Waals surface area (Å²) >= 11 is 3.91. The van der Waals surface area contributed by atoms with Crippen LogP contribution >= 0.6 is 12.6 Å². The summed E-state index contributed by atoms with van der Waals surface area (Å²) in [7, 11) is 0. The van der Waals surface area contributed by atoms with Gasteiger partial charge in [-0.3, -0.25) is 14.4 Å². The molecule has 1 aromatic heterocycles. The van der Waals surface area contributed by atoms with E-state index in [4.69, 9.17) is 10.8 Å². The lowest BCUT2D eigenvalue weighted by atomic mass is 10.0. The van der Waals surface area contributed by atoms with E-state index in [0.717, 1.165) is 10.9 Å². The monoisotopic (exact) mass is 451 g/mol. The fourth-order valence-electron chi connectivity index (χ4n) is 2.81. The summed E-state index contributed by atoms with van der Waals surface area (Å²) in [6.07, 6.45) is 1.73. The minimum atomic E-state index is -1.53. The van der Waals surface area contributed by atoms with Crippen molar-refractivity contribution in [2.45, 2.75) is 24.5 Å². The largest absolute Gasteiger partial charge is 0.480 e. The Labute approximate surface area is 183 Å². The topological polar surface area (TPSA) is 187 Å². The number of H-pyrrole nitrogens is 1. The van der Waals surface area contributed by atoms with Gasteiger partial charge in [0.15, 0.2) is 0 Å². The molecular weight excluding hydrogens is 426 g/mol. The standard InChI is InChI=1S/C19H25N5O6S/c20-12(9-31)17(27)22-7-16(26)23-14(18(28)24-15(8-25)19(29)30)5-10-6-21-13-4-2-1-3-11(10)13/h1-4,6,12,14-15,21,25,31H,5,7-9,20H2,(H,22,27)(H,23,26)(H,24,28)(H,29,30). The highest BCUT2D eigenvalue weighted by molar-refractivity contribution is 7.80. The van der Waals surface area contributed by atoms with Crippen LogP contribution in [0.5, 0.6) is 0 Å². The number of aliphatic hydroxyl groups is 1. The molecule has 0 saturated heterocycles. The first-order valence-corrected chi connectivity index (χ1v) is 10.0. The molecule has 0 radical (unpaired) electrons. The van der Waals surface area contributed by atoms with Gasteiger partial charge in [-0.1, -0.05) is 18.2 Å². The van der Waals surface area contributed by atoms with E-state index in [1.54, 1.807) is 6.20 Å². The number of carbonyl (C=O) groups is 4. The lowest BCUT2D eigenvalue weighted by Gasteiger charge is -2.21. The van der Waals surface area contributed by atoms with Crippen LogP contribution in [0.3, 0.4) is 0 Å². The molecule has 3 atom stereocenters. The fourth-order valence-corrected chi connectivity index (χ4v) is 2.98. The third-order valence-electron chi connectivity index (χ3n) is 4.50. The van der Waals surface area contributed by atoms with Crippen molar-refractivity contribution in [1.29, 1.82) is 0 Å². The fraction of sp³-hybridized carbons (Fsp3) is 0.368. The number of aromatic nitrogens is 1. The van der Waals surface area contributed by atoms with Crippen LogP contribution in [-0.4, -0.2) is 75.9 Å². The molecule has 12 heteroatoms. The molecule has 8 N–H and O–H groups in total. The summed E-state index contributed by atoms with van der Waals surface area (Å²) < 4.78 is 0. The van der Waals surface area contributed by atoms with Crippen LogP contribution in [-0.2, 0) is 25.6 Å². The van der Waals surface area contributed by atoms with Crippen LogP contribution in [0, 0.1) is 0 Å². The van der Waals surface area contributed by atoms with Crippen LogP contribution in [0.1, 0.15) is 5.56 Å². The molecule has 0 spiro atoms. The van der Waals surface area contributed by atoms with Gasteiger partial charge in [-0.15, -0.1) is 0 Å². The summed E-state index contributed by atoms with van der Waals surface area (Å²) in [5.74, 6) is -3.36. The van der Waals surface area contributed by atoms with Gasteiger partial charge in [-0.05, 0) is 11.6 Å². The van der Waals surface area contributed by atoms with Gasteiger partial charge in [0.25, 0.3) is 0 Å². The number of benzene rings is 1. The number of carboxylic acid groups (broad SMARTS) is 1. The minimum absolute atomic E-state index is 0.0451. The lowest BCUT2D eigenvalue weighted by Crippen LogP contribution is -2.55. The molecule has 0 saturated carbocycles. The quantitative estimate of drug-likeness (QED) is 0.184. The van der Waals surface area contributed by atoms with Crippen LogP contribution in [0.2, 0.25) is 0 Å². The SMILES string of the molecule is NC(CS)C(=O)NCC(=O)NC(Cc1c[nH]c2ccccc12)C(=O)NC(CO)C(=O)O. The smallest absolute Gasteiger partial charge is 0.328 e. The second-order valence-electron chi connectivity index (χ2n) is 6.77. The van der Waals surface area contributed by atoms with Gasteiger partial charge < -0.3 is 36.9 Å². The Morgan fingerprint density at radius 2 is 1.81 bits per heavy atom. The van der Waals surface area contributed by atoms with Crippen LogP contribution in [0.15, 0.2) is 30.5 Å². The van der Waals surface area contributed by atoms with E-state index in [0.29, 0.717) is 5.56 Å². The molecule has 3 unspecified atom stereocenters. The summed E-state index contributed by atoms with van der Waals surface area (Å²) in [5, 5.41) is 26.1. The molecule has 31 heavy (non-hydrogen) atoms. The molecule has 2 aromatic rings. The maximum absolute atomic E-state index is 12.7. The molecule has 0 aliphatic rings. The zero-order chi connectivity index (χ0) is 23.0. The second-order valence-corrected chi connectivity index (χ2v) is 7.14. The summed E-state index contributed by atoms with van der Waals surface area (Å²) in [6.45, 7) is -1.24. The van der Waals surface area contributed by atoms with Crippen molar-refractivity contribution in [1.82, 2.24) is 20.9 Å². The Morgan fingerprint density at radius 1 is 1.10 bits per heavy atom. The number of fused-ring (bicyclic) bond motifs is 1. The predicted molar refractivity (Wildman–Crippen MR) is 115 cm³/mol. The Bertz CT molecular complexity index is 949. The highest BCUT2D eigenvalue weighted by Crippen LogP contribution is 2.19. The number of hydrogen-bond acceptors (Lipinski definition) is 7. The third-order valence-corrected chi connectivity index (χ3v) is 4.90. The van der Waals surface area contributed by atoms with Crippen molar-refractivity contribution in [2.75, 3.05) is 18.9 Å². The van der Waals surface area contributed by atoms with Crippen molar-refractivity contribution in [3.05, 3.63) is 36.0 Å². The molecule has 3 amide bonds. The number of nitrogens with one attached hydrogen (secondary N) is 4. The maximum atomic E-state index is 12.7. The number of para-hydroxylation sites is 1. The first kappa shape index (κ1) is 24.2. The molecule has 1 aromatic carbocycles. The highest BCUT2D eigenvalue weighted by Gasteiger charge is 2.27. The van der Waals surface area contributed by atoms with Crippen LogP contribution in [0.25, 0.3) is 10.9 Å². The van der Waals surface area contributed by atoms with Gasteiger partial charge in [0.1, 0.15) is 12.1 Å². The summed E-state index contributed by atoms with van der Waals surface area (Å²) in [6, 6.07) is 3.77. The number of carboxylic acids is 1. The Hall–Kier alpha value is -3.09. The number of nitrogens with two attached hydrogens (primary N) is 1. The molecule has 0 fully saturated rings. The van der Waals surface area contributed by atoms with E-state index in [1.165, 1.54) is 0 Å². The van der Waals surface area contributed by atoms with E-state index >= 15 is 0 Å². The van der Waals surface area contributed by atoms with Crippen LogP contribution < -0.4 is 21.7 Å². The number of hydrogen-bond donors (Lipinski definition) is 8. The average Bonchev–Trinajstić information content (AvgIpc) is 3.17. The van der Waals surface area contributed by atoms with E-state index in [-0.39, 0.29) is 12.2 Å². The van der Waals surface area contributed by atoms with Crippen molar-refractivity contribution in [2.24, 2.45) is 5.73 Å². The highest BCUT2D eigenvalue weighted by atomic mass is 32.1. The van der Waals surface area contributed by atoms with Gasteiger partial charge in [-0.25, -0.2) is 4.79 Å². The minimum Gasteiger partial charge on any atom is -0.480 e. The maximum Gasteiger partial charge on any atom is 0.328 e. The van der Waals surface area contributed by atoms with Crippen LogP contribution in [0.4, 0.5) is 0 Å². The number of amides is 3. The molecule has 2 rings (SSSR count). The Morgan fingerprint density at radius 3 is 2.45 bits per heavy atom. The lowest BCUT2D eigenvalue weighted by molar-refractivity contribution is -0.143. The van der Waals surface area contributed by atoms with E-state index in [2.05, 4.69) is 33.6 Å². The Balaban J connectivity index is 2.15.